The molecule has 0 spiro atoms. The van der Waals surface area contributed by atoms with Crippen LogP contribution in [0.2, 0.25) is 0 Å². The number of ketones is 1. The highest BCUT2D eigenvalue weighted by atomic mass is 19.4. The van der Waals surface area contributed by atoms with Gasteiger partial charge in [0, 0.05) is 24.2 Å². The van der Waals surface area contributed by atoms with Crippen molar-refractivity contribution in [2.75, 3.05) is 18.7 Å². The summed E-state index contributed by atoms with van der Waals surface area (Å²) < 4.78 is 47.8. The van der Waals surface area contributed by atoms with Crippen LogP contribution in [0.25, 0.3) is 0 Å². The Morgan fingerprint density at radius 1 is 1.04 bits per heavy atom. The lowest BCUT2D eigenvalue weighted by Crippen LogP contribution is -2.09. The fraction of sp³-hybridized carbons (Fsp3) is 0.235. The molecule has 7 heteroatoms. The molecule has 1 aliphatic rings. The van der Waals surface area contributed by atoms with E-state index in [1.54, 1.807) is 18.2 Å². The Morgan fingerprint density at radius 2 is 1.75 bits per heavy atom. The van der Waals surface area contributed by atoms with E-state index in [2.05, 4.69) is 5.32 Å². The number of hydrogen-bond donors (Lipinski definition) is 1. The molecule has 0 bridgehead atoms. The van der Waals surface area contributed by atoms with Crippen LogP contribution in [-0.4, -0.2) is 19.1 Å². The van der Waals surface area contributed by atoms with Gasteiger partial charge in [0.2, 0.25) is 6.79 Å². The average molecular weight is 337 g/mol. The Labute approximate surface area is 136 Å². The van der Waals surface area contributed by atoms with Crippen molar-refractivity contribution in [1.29, 1.82) is 0 Å². The number of nitrogens with one attached hydrogen (secondary N) is 1. The minimum absolute atomic E-state index is 0.0901. The number of carbonyl (C=O) groups excluding carboxylic acids is 1. The molecule has 0 radical (unpaired) electrons. The highest BCUT2D eigenvalue weighted by Crippen LogP contribution is 2.33. The van der Waals surface area contributed by atoms with Gasteiger partial charge in [0.1, 0.15) is 0 Å². The van der Waals surface area contributed by atoms with Crippen LogP contribution in [-0.2, 0) is 6.18 Å². The number of anilines is 1. The lowest BCUT2D eigenvalue weighted by molar-refractivity contribution is -0.137. The second-order valence-electron chi connectivity index (χ2n) is 5.24. The van der Waals surface area contributed by atoms with E-state index in [9.17, 15) is 18.0 Å². The first-order chi connectivity index (χ1) is 11.4. The molecule has 0 amide bonds. The average Bonchev–Trinajstić information content (AvgIpc) is 3.02. The van der Waals surface area contributed by atoms with Gasteiger partial charge in [-0.15, -0.1) is 0 Å². The molecule has 1 N–H and O–H groups in total. The van der Waals surface area contributed by atoms with Crippen molar-refractivity contribution in [1.82, 2.24) is 0 Å². The first-order valence-electron chi connectivity index (χ1n) is 7.27. The number of rotatable bonds is 5. The number of fused-ring (bicyclic) bond motifs is 1. The maximum absolute atomic E-state index is 12.5. The zero-order valence-corrected chi connectivity index (χ0v) is 12.5. The standard InChI is InChI=1S/C17H14F3NO3/c18-17(19,20)12-2-4-13(5-3-12)21-8-7-14(22)11-1-6-15-16(9-11)24-10-23-15/h1-6,9,21H,7-8,10H2. The zero-order chi connectivity index (χ0) is 17.2. The molecule has 0 aromatic heterocycles. The number of carbonyl (C=O) groups is 1. The number of ether oxygens (including phenoxy) is 2. The quantitative estimate of drug-likeness (QED) is 0.834. The molecule has 0 atom stereocenters. The molecule has 0 saturated heterocycles. The van der Waals surface area contributed by atoms with Crippen molar-refractivity contribution in [3.8, 4) is 11.5 Å². The normalized spacial score (nSPS) is 13.0. The lowest BCUT2D eigenvalue weighted by Gasteiger charge is -2.09. The minimum atomic E-state index is -4.35. The fourth-order valence-corrected chi connectivity index (χ4v) is 2.31. The SMILES string of the molecule is O=C(CCNc1ccc(C(F)(F)F)cc1)c1ccc2c(c1)OCO2. The van der Waals surface area contributed by atoms with E-state index in [0.29, 0.717) is 29.3 Å². The van der Waals surface area contributed by atoms with Gasteiger partial charge in [-0.2, -0.15) is 13.2 Å². The predicted octanol–water partition coefficient (Wildman–Crippen LogP) is 4.12. The molecular weight excluding hydrogens is 323 g/mol. The summed E-state index contributed by atoms with van der Waals surface area (Å²) in [6, 6.07) is 9.65. The smallest absolute Gasteiger partial charge is 0.416 e. The third-order valence-corrected chi connectivity index (χ3v) is 3.59. The van der Waals surface area contributed by atoms with E-state index in [4.69, 9.17) is 9.47 Å². The summed E-state index contributed by atoms with van der Waals surface area (Å²) in [6.45, 7) is 0.459. The largest absolute Gasteiger partial charge is 0.454 e. The highest BCUT2D eigenvalue weighted by molar-refractivity contribution is 5.97. The summed E-state index contributed by atoms with van der Waals surface area (Å²) in [5, 5.41) is 2.93. The van der Waals surface area contributed by atoms with Crippen LogP contribution in [0.1, 0.15) is 22.3 Å². The molecule has 1 aliphatic heterocycles. The topological polar surface area (TPSA) is 47.6 Å². The summed E-state index contributed by atoms with van der Waals surface area (Å²) in [6.07, 6.45) is -4.14. The van der Waals surface area contributed by atoms with Crippen molar-refractivity contribution in [3.05, 3.63) is 53.6 Å². The van der Waals surface area contributed by atoms with Gasteiger partial charge in [-0.25, -0.2) is 0 Å². The summed E-state index contributed by atoms with van der Waals surface area (Å²) in [4.78, 5) is 12.1. The monoisotopic (exact) mass is 337 g/mol. The van der Waals surface area contributed by atoms with Crippen LogP contribution >= 0.6 is 0 Å². The third-order valence-electron chi connectivity index (χ3n) is 3.59. The van der Waals surface area contributed by atoms with E-state index in [-0.39, 0.29) is 19.0 Å². The summed E-state index contributed by atoms with van der Waals surface area (Å²) in [5.74, 6) is 1.05. The van der Waals surface area contributed by atoms with Crippen LogP contribution < -0.4 is 14.8 Å². The Bertz CT molecular complexity index is 742. The van der Waals surface area contributed by atoms with Crippen molar-refractivity contribution < 1.29 is 27.4 Å². The van der Waals surface area contributed by atoms with Crippen molar-refractivity contribution in [2.45, 2.75) is 12.6 Å². The predicted molar refractivity (Wildman–Crippen MR) is 81.4 cm³/mol. The van der Waals surface area contributed by atoms with E-state index in [0.717, 1.165) is 12.1 Å². The van der Waals surface area contributed by atoms with Gasteiger partial charge in [0.15, 0.2) is 17.3 Å². The molecular formula is C17H14F3NO3. The molecule has 126 valence electrons. The summed E-state index contributed by atoms with van der Waals surface area (Å²) >= 11 is 0. The maximum atomic E-state index is 12.5. The molecule has 2 aromatic carbocycles. The van der Waals surface area contributed by atoms with Gasteiger partial charge >= 0.3 is 6.18 Å². The second kappa shape index (κ2) is 6.43. The summed E-state index contributed by atoms with van der Waals surface area (Å²) in [7, 11) is 0. The van der Waals surface area contributed by atoms with Gasteiger partial charge in [-0.3, -0.25) is 4.79 Å². The van der Waals surface area contributed by atoms with E-state index >= 15 is 0 Å². The number of hydrogen-bond acceptors (Lipinski definition) is 4. The molecule has 4 nitrogen and oxygen atoms in total. The minimum Gasteiger partial charge on any atom is -0.454 e. The van der Waals surface area contributed by atoms with Crippen molar-refractivity contribution >= 4 is 11.5 Å². The maximum Gasteiger partial charge on any atom is 0.416 e. The van der Waals surface area contributed by atoms with E-state index < -0.39 is 11.7 Å². The van der Waals surface area contributed by atoms with Gasteiger partial charge in [0.25, 0.3) is 0 Å². The van der Waals surface area contributed by atoms with Crippen molar-refractivity contribution in [3.63, 3.8) is 0 Å². The molecule has 0 saturated carbocycles. The van der Waals surface area contributed by atoms with Crippen molar-refractivity contribution in [2.24, 2.45) is 0 Å². The molecule has 3 rings (SSSR count). The van der Waals surface area contributed by atoms with Gasteiger partial charge in [0.05, 0.1) is 5.56 Å². The zero-order valence-electron chi connectivity index (χ0n) is 12.5. The third kappa shape index (κ3) is 3.61. The first kappa shape index (κ1) is 16.2. The fourth-order valence-electron chi connectivity index (χ4n) is 2.31. The van der Waals surface area contributed by atoms with Crippen LogP contribution in [0.15, 0.2) is 42.5 Å². The molecule has 2 aromatic rings. The molecule has 1 heterocycles. The Kier molecular flexibility index (Phi) is 4.33. The van der Waals surface area contributed by atoms with Crippen LogP contribution in [0, 0.1) is 0 Å². The van der Waals surface area contributed by atoms with Gasteiger partial charge in [-0.1, -0.05) is 0 Å². The number of alkyl halides is 3. The van der Waals surface area contributed by atoms with Crippen LogP contribution in [0.3, 0.4) is 0 Å². The van der Waals surface area contributed by atoms with E-state index in [1.165, 1.54) is 12.1 Å². The summed E-state index contributed by atoms with van der Waals surface area (Å²) in [5.41, 5.74) is 0.333. The highest BCUT2D eigenvalue weighted by Gasteiger charge is 2.29. The van der Waals surface area contributed by atoms with Crippen LogP contribution in [0.5, 0.6) is 11.5 Å². The molecule has 0 fully saturated rings. The van der Waals surface area contributed by atoms with Gasteiger partial charge in [-0.05, 0) is 42.5 Å². The Balaban J connectivity index is 1.53. The lowest BCUT2D eigenvalue weighted by atomic mass is 10.1. The number of Topliss-reactive ketones (excluding diaryl/α,β-unsaturated/α-hetero) is 1. The Hall–Kier alpha value is -2.70. The van der Waals surface area contributed by atoms with E-state index in [1.807, 2.05) is 0 Å². The molecule has 0 aliphatic carbocycles. The second-order valence-corrected chi connectivity index (χ2v) is 5.24. The van der Waals surface area contributed by atoms with Gasteiger partial charge < -0.3 is 14.8 Å². The molecule has 24 heavy (non-hydrogen) atoms. The first-order valence-corrected chi connectivity index (χ1v) is 7.27. The molecule has 0 unspecified atom stereocenters. The number of benzene rings is 2. The number of halogens is 3. The Morgan fingerprint density at radius 3 is 2.46 bits per heavy atom. The van der Waals surface area contributed by atoms with Crippen LogP contribution in [0.4, 0.5) is 18.9 Å².